The molecule has 2 N–H and O–H groups in total. The van der Waals surface area contributed by atoms with Gasteiger partial charge in [0.1, 0.15) is 0 Å². The van der Waals surface area contributed by atoms with Crippen LogP contribution in [-0.2, 0) is 4.74 Å². The molecular formula is C15H32N2O2. The highest BCUT2D eigenvalue weighted by Gasteiger charge is 2.20. The smallest absolute Gasteiger partial charge is 0.0900 e. The van der Waals surface area contributed by atoms with Gasteiger partial charge in [0.25, 0.3) is 0 Å². The van der Waals surface area contributed by atoms with Crippen LogP contribution >= 0.6 is 0 Å². The van der Waals surface area contributed by atoms with E-state index in [-0.39, 0.29) is 6.10 Å². The summed E-state index contributed by atoms with van der Waals surface area (Å²) in [5.41, 5.74) is 0. The molecule has 1 saturated heterocycles. The molecule has 0 aromatic carbocycles. The fourth-order valence-corrected chi connectivity index (χ4v) is 2.55. The minimum absolute atomic E-state index is 0.337. The zero-order valence-electron chi connectivity index (χ0n) is 12.9. The molecule has 19 heavy (non-hydrogen) atoms. The lowest BCUT2D eigenvalue weighted by molar-refractivity contribution is 0.0147. The van der Waals surface area contributed by atoms with E-state index >= 15 is 0 Å². The maximum absolute atomic E-state index is 9.82. The third kappa shape index (κ3) is 7.88. The van der Waals surface area contributed by atoms with Crippen molar-refractivity contribution in [2.45, 2.75) is 39.7 Å². The molecule has 0 spiro atoms. The summed E-state index contributed by atoms with van der Waals surface area (Å²) in [7, 11) is 0. The predicted octanol–water partition coefficient (Wildman–Crippen LogP) is 1.34. The van der Waals surface area contributed by atoms with Crippen molar-refractivity contribution in [1.82, 2.24) is 10.2 Å². The molecule has 1 aliphatic heterocycles. The Bertz CT molecular complexity index is 216. The summed E-state index contributed by atoms with van der Waals surface area (Å²) in [6, 6.07) is 0. The van der Waals surface area contributed by atoms with Crippen molar-refractivity contribution in [3.8, 4) is 0 Å². The average Bonchev–Trinajstić information content (AvgIpc) is 2.38. The van der Waals surface area contributed by atoms with Gasteiger partial charge in [-0.15, -0.1) is 0 Å². The number of ether oxygens (including phenoxy) is 1. The molecule has 1 rings (SSSR count). The van der Waals surface area contributed by atoms with Crippen LogP contribution in [0.4, 0.5) is 0 Å². The zero-order chi connectivity index (χ0) is 14.1. The Morgan fingerprint density at radius 2 is 2.00 bits per heavy atom. The molecule has 114 valence electrons. The number of aliphatic hydroxyl groups is 1. The van der Waals surface area contributed by atoms with Gasteiger partial charge in [0.15, 0.2) is 0 Å². The maximum atomic E-state index is 9.82. The topological polar surface area (TPSA) is 44.7 Å². The Kier molecular flexibility index (Phi) is 8.62. The van der Waals surface area contributed by atoms with E-state index in [1.165, 1.54) is 12.8 Å². The molecule has 1 atom stereocenters. The summed E-state index contributed by atoms with van der Waals surface area (Å²) >= 11 is 0. The summed E-state index contributed by atoms with van der Waals surface area (Å²) in [5.74, 6) is 1.54. The first kappa shape index (κ1) is 16.9. The second-order valence-corrected chi connectivity index (χ2v) is 6.11. The summed E-state index contributed by atoms with van der Waals surface area (Å²) in [6.07, 6.45) is 2.15. The summed E-state index contributed by atoms with van der Waals surface area (Å²) in [6.45, 7) is 12.8. The number of aliphatic hydroxyl groups excluding tert-OH is 1. The number of piperidine rings is 1. The van der Waals surface area contributed by atoms with Crippen LogP contribution in [0.2, 0.25) is 0 Å². The Balaban J connectivity index is 2.08. The quantitative estimate of drug-likeness (QED) is 0.665. The molecule has 1 aliphatic rings. The molecule has 0 bridgehead atoms. The second-order valence-electron chi connectivity index (χ2n) is 6.11. The molecule has 1 heterocycles. The van der Waals surface area contributed by atoms with Crippen LogP contribution in [0.1, 0.15) is 33.6 Å². The van der Waals surface area contributed by atoms with E-state index in [0.717, 1.165) is 44.6 Å². The molecule has 4 heteroatoms. The van der Waals surface area contributed by atoms with Gasteiger partial charge in [0.05, 0.1) is 12.7 Å². The summed E-state index contributed by atoms with van der Waals surface area (Å²) in [4.78, 5) is 2.36. The van der Waals surface area contributed by atoms with Crippen molar-refractivity contribution < 1.29 is 9.84 Å². The van der Waals surface area contributed by atoms with Crippen LogP contribution in [-0.4, -0.2) is 62.0 Å². The standard InChI is InChI=1S/C15H32N2O2/c1-4-19-12-15(18)11-17-7-5-14(6-8-17)10-16-9-13(2)3/h13-16,18H,4-12H2,1-3H3. The molecule has 4 nitrogen and oxygen atoms in total. The normalized spacial score (nSPS) is 20.1. The van der Waals surface area contributed by atoms with E-state index in [2.05, 4.69) is 24.1 Å². The Morgan fingerprint density at radius 3 is 2.58 bits per heavy atom. The van der Waals surface area contributed by atoms with Gasteiger partial charge in [-0.3, -0.25) is 0 Å². The number of hydrogen-bond acceptors (Lipinski definition) is 4. The molecule has 0 amide bonds. The first-order chi connectivity index (χ1) is 9.11. The fourth-order valence-electron chi connectivity index (χ4n) is 2.55. The SMILES string of the molecule is CCOCC(O)CN1CCC(CNCC(C)C)CC1. The lowest BCUT2D eigenvalue weighted by atomic mass is 9.96. The van der Waals surface area contributed by atoms with E-state index in [0.29, 0.717) is 13.2 Å². The summed E-state index contributed by atoms with van der Waals surface area (Å²) in [5, 5.41) is 13.4. The lowest BCUT2D eigenvalue weighted by Gasteiger charge is -2.33. The molecule has 1 unspecified atom stereocenters. The van der Waals surface area contributed by atoms with Crippen molar-refractivity contribution in [3.05, 3.63) is 0 Å². The molecular weight excluding hydrogens is 240 g/mol. The highest BCUT2D eigenvalue weighted by molar-refractivity contribution is 4.75. The summed E-state index contributed by atoms with van der Waals surface area (Å²) < 4.78 is 5.25. The van der Waals surface area contributed by atoms with Crippen LogP contribution in [0, 0.1) is 11.8 Å². The fraction of sp³-hybridized carbons (Fsp3) is 1.00. The van der Waals surface area contributed by atoms with Crippen LogP contribution in [0.3, 0.4) is 0 Å². The van der Waals surface area contributed by atoms with Gasteiger partial charge in [-0.25, -0.2) is 0 Å². The molecule has 0 radical (unpaired) electrons. The third-order valence-electron chi connectivity index (χ3n) is 3.68. The number of nitrogens with zero attached hydrogens (tertiary/aromatic N) is 1. The first-order valence-corrected chi connectivity index (χ1v) is 7.80. The molecule has 0 aliphatic carbocycles. The minimum atomic E-state index is -0.337. The van der Waals surface area contributed by atoms with Gasteiger partial charge in [0, 0.05) is 13.2 Å². The number of hydrogen-bond donors (Lipinski definition) is 2. The average molecular weight is 272 g/mol. The lowest BCUT2D eigenvalue weighted by Crippen LogP contribution is -2.42. The van der Waals surface area contributed by atoms with Gasteiger partial charge in [-0.2, -0.15) is 0 Å². The highest BCUT2D eigenvalue weighted by atomic mass is 16.5. The van der Waals surface area contributed by atoms with Crippen LogP contribution in [0.5, 0.6) is 0 Å². The Labute approximate surface area is 118 Å². The van der Waals surface area contributed by atoms with Crippen LogP contribution in [0.15, 0.2) is 0 Å². The largest absolute Gasteiger partial charge is 0.389 e. The van der Waals surface area contributed by atoms with Crippen molar-refractivity contribution in [2.75, 3.05) is 45.9 Å². The van der Waals surface area contributed by atoms with Gasteiger partial charge < -0.3 is 20.1 Å². The van der Waals surface area contributed by atoms with Gasteiger partial charge >= 0.3 is 0 Å². The molecule has 0 aromatic heterocycles. The van der Waals surface area contributed by atoms with E-state index in [9.17, 15) is 5.11 Å². The van der Waals surface area contributed by atoms with Gasteiger partial charge in [0.2, 0.25) is 0 Å². The minimum Gasteiger partial charge on any atom is -0.389 e. The van der Waals surface area contributed by atoms with E-state index in [1.54, 1.807) is 0 Å². The predicted molar refractivity (Wildman–Crippen MR) is 79.4 cm³/mol. The first-order valence-electron chi connectivity index (χ1n) is 7.80. The Hall–Kier alpha value is -0.160. The monoisotopic (exact) mass is 272 g/mol. The molecule has 0 saturated carbocycles. The van der Waals surface area contributed by atoms with E-state index < -0.39 is 0 Å². The maximum Gasteiger partial charge on any atom is 0.0900 e. The highest BCUT2D eigenvalue weighted by Crippen LogP contribution is 2.16. The zero-order valence-corrected chi connectivity index (χ0v) is 12.9. The van der Waals surface area contributed by atoms with Crippen molar-refractivity contribution in [2.24, 2.45) is 11.8 Å². The number of β-amino-alcohol motifs (C(OH)–C–C–N with tert-alkyl or cyclic N) is 1. The van der Waals surface area contributed by atoms with Crippen molar-refractivity contribution in [1.29, 1.82) is 0 Å². The number of nitrogens with one attached hydrogen (secondary N) is 1. The van der Waals surface area contributed by atoms with Crippen LogP contribution < -0.4 is 5.32 Å². The number of rotatable bonds is 9. The molecule has 0 aromatic rings. The van der Waals surface area contributed by atoms with Crippen molar-refractivity contribution >= 4 is 0 Å². The third-order valence-corrected chi connectivity index (χ3v) is 3.68. The van der Waals surface area contributed by atoms with Gasteiger partial charge in [-0.05, 0) is 57.8 Å². The Morgan fingerprint density at radius 1 is 1.32 bits per heavy atom. The van der Waals surface area contributed by atoms with Crippen molar-refractivity contribution in [3.63, 3.8) is 0 Å². The second kappa shape index (κ2) is 9.70. The molecule has 1 fully saturated rings. The van der Waals surface area contributed by atoms with E-state index in [4.69, 9.17) is 4.74 Å². The van der Waals surface area contributed by atoms with Crippen LogP contribution in [0.25, 0.3) is 0 Å². The van der Waals surface area contributed by atoms with Gasteiger partial charge in [-0.1, -0.05) is 13.8 Å². The van der Waals surface area contributed by atoms with E-state index in [1.807, 2.05) is 6.92 Å². The number of likely N-dealkylation sites (tertiary alicyclic amines) is 1.